The molecule has 0 radical (unpaired) electrons. The Morgan fingerprint density at radius 1 is 1.35 bits per heavy atom. The molecule has 0 aromatic rings. The first-order valence-corrected chi connectivity index (χ1v) is 9.91. The predicted molar refractivity (Wildman–Crippen MR) is 110 cm³/mol. The molecule has 0 heterocycles. The highest BCUT2D eigenvalue weighted by Gasteiger charge is 2.39. The van der Waals surface area contributed by atoms with Crippen molar-refractivity contribution in [1.82, 2.24) is 0 Å². The second-order valence-electron chi connectivity index (χ2n) is 8.49. The first-order chi connectivity index (χ1) is 12.0. The van der Waals surface area contributed by atoms with Gasteiger partial charge in [0.15, 0.2) is 0 Å². The Bertz CT molecular complexity index is 756. The monoisotopic (exact) mass is 424 g/mol. The molecule has 0 amide bonds. The van der Waals surface area contributed by atoms with Gasteiger partial charge in [-0.3, -0.25) is 0 Å². The zero-order valence-corrected chi connectivity index (χ0v) is 18.5. The molecule has 0 bridgehead atoms. The quantitative estimate of drug-likeness (QED) is 0.557. The van der Waals surface area contributed by atoms with Crippen LogP contribution < -0.4 is 0 Å². The van der Waals surface area contributed by atoms with E-state index in [0.29, 0.717) is 24.4 Å². The van der Waals surface area contributed by atoms with Gasteiger partial charge in [-0.15, -0.1) is 0 Å². The molecule has 2 rings (SSSR count). The fourth-order valence-electron chi connectivity index (χ4n) is 3.68. The van der Waals surface area contributed by atoms with Crippen LogP contribution in [-0.2, 0) is 4.74 Å². The average Bonchev–Trinajstić information content (AvgIpc) is 2.53. The van der Waals surface area contributed by atoms with Crippen molar-refractivity contribution in [2.24, 2.45) is 10.8 Å². The molecule has 2 aliphatic carbocycles. The number of aliphatic hydroxyl groups is 1. The van der Waals surface area contributed by atoms with E-state index in [4.69, 9.17) is 4.74 Å². The Balaban J connectivity index is 2.84. The summed E-state index contributed by atoms with van der Waals surface area (Å²) in [4.78, 5) is 0. The molecule has 0 atom stereocenters. The number of aliphatic hydroxyl groups excluding tert-OH is 1. The van der Waals surface area contributed by atoms with Crippen molar-refractivity contribution in [1.29, 1.82) is 0 Å². The molecule has 0 saturated carbocycles. The molecule has 2 nitrogen and oxygen atoms in total. The normalized spacial score (nSPS) is 21.2. The highest BCUT2D eigenvalue weighted by atomic mass is 79.9. The van der Waals surface area contributed by atoms with Crippen LogP contribution in [0, 0.1) is 10.8 Å². The van der Waals surface area contributed by atoms with Gasteiger partial charge in [0.2, 0.25) is 0 Å². The number of ether oxygens (including phenoxy) is 1. The summed E-state index contributed by atoms with van der Waals surface area (Å²) in [5.41, 5.74) is 4.77. The molecule has 1 N–H and O–H groups in total. The van der Waals surface area contributed by atoms with E-state index < -0.39 is 12.4 Å². The van der Waals surface area contributed by atoms with Crippen molar-refractivity contribution in [3.05, 3.63) is 56.1 Å². The fraction of sp³-hybridized carbons (Fsp3) is 0.545. The molecule has 0 unspecified atom stereocenters. The van der Waals surface area contributed by atoms with Crippen LogP contribution in [0.3, 0.4) is 0 Å². The molecule has 0 fully saturated rings. The van der Waals surface area contributed by atoms with E-state index in [0.717, 1.165) is 10.1 Å². The van der Waals surface area contributed by atoms with Crippen molar-refractivity contribution in [3.8, 4) is 0 Å². The van der Waals surface area contributed by atoms with Gasteiger partial charge in [-0.25, -0.2) is 4.39 Å². The third-order valence-electron chi connectivity index (χ3n) is 5.08. The molecular formula is C22H30BrFO2. The van der Waals surface area contributed by atoms with Gasteiger partial charge >= 0.3 is 0 Å². The lowest BCUT2D eigenvalue weighted by Crippen LogP contribution is -2.27. The maximum atomic E-state index is 14.2. The minimum Gasteiger partial charge on any atom is -0.492 e. The predicted octanol–water partition coefficient (Wildman–Crippen LogP) is 6.50. The summed E-state index contributed by atoms with van der Waals surface area (Å²) >= 11 is 3.77. The summed E-state index contributed by atoms with van der Waals surface area (Å²) < 4.78 is 21.1. The average molecular weight is 425 g/mol. The van der Waals surface area contributed by atoms with Gasteiger partial charge in [0.05, 0.1) is 17.7 Å². The van der Waals surface area contributed by atoms with Gasteiger partial charge in [-0.05, 0) is 57.5 Å². The lowest BCUT2D eigenvalue weighted by molar-refractivity contribution is 0.235. The third-order valence-corrected chi connectivity index (χ3v) is 5.84. The van der Waals surface area contributed by atoms with Crippen LogP contribution in [0.1, 0.15) is 54.9 Å². The minimum atomic E-state index is -0.598. The number of rotatable bonds is 4. The van der Waals surface area contributed by atoms with Crippen LogP contribution in [0.25, 0.3) is 0 Å². The van der Waals surface area contributed by atoms with E-state index in [1.807, 2.05) is 6.92 Å². The van der Waals surface area contributed by atoms with Crippen LogP contribution in [0.5, 0.6) is 0 Å². The van der Waals surface area contributed by atoms with E-state index in [1.54, 1.807) is 6.92 Å². The number of allylic oxidation sites excluding steroid dienone is 8. The van der Waals surface area contributed by atoms with Gasteiger partial charge in [0.25, 0.3) is 0 Å². The van der Waals surface area contributed by atoms with Gasteiger partial charge in [-0.2, -0.15) is 0 Å². The van der Waals surface area contributed by atoms with E-state index in [1.165, 1.54) is 16.7 Å². The summed E-state index contributed by atoms with van der Waals surface area (Å²) in [6.07, 6.45) is 5.04. The summed E-state index contributed by atoms with van der Waals surface area (Å²) in [5, 5.41) is 9.27. The van der Waals surface area contributed by atoms with Crippen LogP contribution in [0.15, 0.2) is 56.1 Å². The molecule has 144 valence electrons. The van der Waals surface area contributed by atoms with E-state index in [-0.39, 0.29) is 10.8 Å². The van der Waals surface area contributed by atoms with Crippen LogP contribution in [0.4, 0.5) is 4.39 Å². The number of hydrogen-bond donors (Lipinski definition) is 1. The van der Waals surface area contributed by atoms with Gasteiger partial charge in [0, 0.05) is 17.4 Å². The highest BCUT2D eigenvalue weighted by Crippen LogP contribution is 2.53. The standard InChI is InChI=1S/C22H30BrFO2/c1-8-26-20-14(13(2)17(24)12-25)11-15-16(21(3,4)5)9-10-22(6,7)18(15)19(20)23/h9-10,25H,8,11-12H2,1-7H3. The summed E-state index contributed by atoms with van der Waals surface area (Å²) in [7, 11) is 0. The van der Waals surface area contributed by atoms with Crippen LogP contribution in [-0.4, -0.2) is 18.3 Å². The molecule has 0 spiro atoms. The smallest absolute Gasteiger partial charge is 0.137 e. The second kappa shape index (κ2) is 7.47. The van der Waals surface area contributed by atoms with Crippen molar-refractivity contribution in [3.63, 3.8) is 0 Å². The largest absolute Gasteiger partial charge is 0.492 e. The van der Waals surface area contributed by atoms with E-state index >= 15 is 0 Å². The SMILES string of the molecule is CCOC1=C(C(C)=C(F)CO)CC2=C(C(C)(C)C)C=CC(C)(C)C2=C1Br. The Labute approximate surface area is 165 Å². The van der Waals surface area contributed by atoms with Crippen molar-refractivity contribution in [2.45, 2.75) is 54.9 Å². The minimum absolute atomic E-state index is 0.0256. The first-order valence-electron chi connectivity index (χ1n) is 9.12. The zero-order valence-electron chi connectivity index (χ0n) is 16.9. The number of halogens is 2. The molecule has 0 aromatic heterocycles. The van der Waals surface area contributed by atoms with Crippen molar-refractivity contribution in [2.75, 3.05) is 13.2 Å². The Morgan fingerprint density at radius 2 is 1.96 bits per heavy atom. The summed E-state index contributed by atoms with van der Waals surface area (Å²) in [5.74, 6) is 0.174. The van der Waals surface area contributed by atoms with Crippen LogP contribution >= 0.6 is 15.9 Å². The summed E-state index contributed by atoms with van der Waals surface area (Å²) in [6, 6.07) is 0. The summed E-state index contributed by atoms with van der Waals surface area (Å²) in [6.45, 7) is 14.5. The maximum absolute atomic E-state index is 14.2. The van der Waals surface area contributed by atoms with Gasteiger partial charge in [-0.1, -0.05) is 46.8 Å². The van der Waals surface area contributed by atoms with Gasteiger partial charge in [0.1, 0.15) is 11.6 Å². The highest BCUT2D eigenvalue weighted by molar-refractivity contribution is 9.12. The lowest BCUT2D eigenvalue weighted by atomic mass is 9.66. The second-order valence-corrected chi connectivity index (χ2v) is 9.28. The van der Waals surface area contributed by atoms with E-state index in [2.05, 4.69) is 62.7 Å². The van der Waals surface area contributed by atoms with E-state index in [9.17, 15) is 9.50 Å². The zero-order chi connectivity index (χ0) is 19.9. The Morgan fingerprint density at radius 3 is 2.46 bits per heavy atom. The third kappa shape index (κ3) is 3.77. The topological polar surface area (TPSA) is 29.5 Å². The molecule has 0 aromatic carbocycles. The molecule has 4 heteroatoms. The van der Waals surface area contributed by atoms with Crippen molar-refractivity contribution < 1.29 is 14.2 Å². The maximum Gasteiger partial charge on any atom is 0.137 e. The molecule has 0 aliphatic heterocycles. The van der Waals surface area contributed by atoms with Crippen LogP contribution in [0.2, 0.25) is 0 Å². The molecule has 26 heavy (non-hydrogen) atoms. The molecule has 0 saturated heterocycles. The Kier molecular flexibility index (Phi) is 6.09. The number of fused-ring (bicyclic) bond motifs is 1. The first kappa shape index (κ1) is 21.2. The van der Waals surface area contributed by atoms with Gasteiger partial charge < -0.3 is 9.84 Å². The Hall–Kier alpha value is -1.13. The number of hydrogen-bond acceptors (Lipinski definition) is 2. The lowest BCUT2D eigenvalue weighted by Gasteiger charge is -2.40. The van der Waals surface area contributed by atoms with Crippen molar-refractivity contribution >= 4 is 15.9 Å². The molecular weight excluding hydrogens is 395 g/mol. The fourth-order valence-corrected chi connectivity index (χ4v) is 4.79. The molecule has 2 aliphatic rings.